The summed E-state index contributed by atoms with van der Waals surface area (Å²) >= 11 is 0. The van der Waals surface area contributed by atoms with Crippen LogP contribution in [0.4, 0.5) is 11.4 Å². The van der Waals surface area contributed by atoms with Crippen molar-refractivity contribution in [2.75, 3.05) is 17.2 Å². The predicted molar refractivity (Wildman–Crippen MR) is 87.8 cm³/mol. The molecule has 124 valence electrons. The Hall–Kier alpha value is -3.35. The summed E-state index contributed by atoms with van der Waals surface area (Å²) in [6.45, 7) is 1.98. The number of phenols is 1. The van der Waals surface area contributed by atoms with E-state index in [9.17, 15) is 14.4 Å². The Bertz CT molecular complexity index is 739. The van der Waals surface area contributed by atoms with Gasteiger partial charge in [0, 0.05) is 11.4 Å². The van der Waals surface area contributed by atoms with Crippen molar-refractivity contribution in [3.05, 3.63) is 54.1 Å². The zero-order valence-corrected chi connectivity index (χ0v) is 12.9. The lowest BCUT2D eigenvalue weighted by Gasteiger charge is -2.07. The first-order chi connectivity index (χ1) is 11.5. The minimum absolute atomic E-state index is 0.0548. The van der Waals surface area contributed by atoms with Gasteiger partial charge in [-0.25, -0.2) is 4.79 Å². The molecule has 2 rings (SSSR count). The number of nitrogens with one attached hydrogen (secondary N) is 2. The number of carbonyl (C=O) groups is 3. The molecule has 24 heavy (non-hydrogen) atoms. The van der Waals surface area contributed by atoms with Crippen LogP contribution in [0.2, 0.25) is 0 Å². The highest BCUT2D eigenvalue weighted by atomic mass is 16.5. The van der Waals surface area contributed by atoms with E-state index in [1.54, 1.807) is 6.92 Å². The van der Waals surface area contributed by atoms with E-state index in [0.29, 0.717) is 16.9 Å². The van der Waals surface area contributed by atoms with Gasteiger partial charge in [-0.15, -0.1) is 0 Å². The van der Waals surface area contributed by atoms with Crippen LogP contribution >= 0.6 is 0 Å². The van der Waals surface area contributed by atoms with E-state index >= 15 is 0 Å². The van der Waals surface area contributed by atoms with Gasteiger partial charge in [0.25, 0.3) is 0 Å². The Labute approximate surface area is 138 Å². The molecule has 7 nitrogen and oxygen atoms in total. The van der Waals surface area contributed by atoms with Crippen LogP contribution in [-0.4, -0.2) is 29.5 Å². The summed E-state index contributed by atoms with van der Waals surface area (Å²) in [7, 11) is 0. The molecule has 0 fully saturated rings. The van der Waals surface area contributed by atoms with Crippen LogP contribution in [0, 0.1) is 0 Å². The van der Waals surface area contributed by atoms with E-state index in [-0.39, 0.29) is 12.4 Å². The molecule has 0 radical (unpaired) electrons. The maximum atomic E-state index is 11.8. The molecule has 0 aliphatic heterocycles. The zero-order valence-electron chi connectivity index (χ0n) is 12.9. The van der Waals surface area contributed by atoms with Gasteiger partial charge < -0.3 is 20.5 Å². The first-order valence-corrected chi connectivity index (χ1v) is 7.18. The number of carbonyl (C=O) groups excluding carboxylic acids is 3. The fourth-order valence-electron chi connectivity index (χ4n) is 1.82. The van der Waals surface area contributed by atoms with Crippen molar-refractivity contribution in [2.24, 2.45) is 0 Å². The number of ether oxygens (including phenoxy) is 1. The molecule has 0 unspecified atom stereocenters. The van der Waals surface area contributed by atoms with Crippen LogP contribution < -0.4 is 10.6 Å². The number of anilines is 2. The van der Waals surface area contributed by atoms with Gasteiger partial charge in [-0.1, -0.05) is 0 Å². The van der Waals surface area contributed by atoms with E-state index in [0.717, 1.165) is 0 Å². The third-order valence-corrected chi connectivity index (χ3v) is 2.99. The van der Waals surface area contributed by atoms with Crippen molar-refractivity contribution in [3.8, 4) is 5.75 Å². The Morgan fingerprint density at radius 3 is 1.79 bits per heavy atom. The van der Waals surface area contributed by atoms with Gasteiger partial charge in [0.1, 0.15) is 5.75 Å². The van der Waals surface area contributed by atoms with E-state index in [1.807, 2.05) is 0 Å². The molecule has 0 heterocycles. The Balaban J connectivity index is 1.94. The second-order valence-electron chi connectivity index (χ2n) is 4.75. The van der Waals surface area contributed by atoms with E-state index in [4.69, 9.17) is 9.84 Å². The summed E-state index contributed by atoms with van der Waals surface area (Å²) in [6, 6.07) is 11.7. The minimum Gasteiger partial charge on any atom is -0.508 e. The molecule has 0 saturated carbocycles. The Morgan fingerprint density at radius 1 is 0.875 bits per heavy atom. The number of esters is 1. The van der Waals surface area contributed by atoms with Crippen LogP contribution in [0.1, 0.15) is 17.3 Å². The highest BCUT2D eigenvalue weighted by Gasteiger charge is 2.14. The summed E-state index contributed by atoms with van der Waals surface area (Å²) in [5.41, 5.74) is 1.10. The van der Waals surface area contributed by atoms with Gasteiger partial charge >= 0.3 is 17.8 Å². The molecule has 2 aromatic rings. The summed E-state index contributed by atoms with van der Waals surface area (Å²) in [6.07, 6.45) is 0. The molecule has 0 aliphatic rings. The number of hydrogen-bond acceptors (Lipinski definition) is 5. The van der Waals surface area contributed by atoms with E-state index in [1.165, 1.54) is 48.5 Å². The minimum atomic E-state index is -0.855. The summed E-state index contributed by atoms with van der Waals surface area (Å²) in [4.78, 5) is 35.2. The molecule has 0 aliphatic carbocycles. The number of rotatable bonds is 4. The van der Waals surface area contributed by atoms with Crippen LogP contribution in [0.3, 0.4) is 0 Å². The smallest absolute Gasteiger partial charge is 0.338 e. The topological polar surface area (TPSA) is 105 Å². The maximum Gasteiger partial charge on any atom is 0.338 e. The number of aromatic hydroxyl groups is 1. The van der Waals surface area contributed by atoms with E-state index in [2.05, 4.69) is 10.6 Å². The largest absolute Gasteiger partial charge is 0.508 e. The SMILES string of the molecule is CCOC(=O)c1ccc(NC(=O)C(=O)Nc2ccc(O)cc2)cc1. The monoisotopic (exact) mass is 328 g/mol. The Kier molecular flexibility index (Phi) is 5.51. The highest BCUT2D eigenvalue weighted by Crippen LogP contribution is 2.14. The lowest BCUT2D eigenvalue weighted by Crippen LogP contribution is -2.29. The molecule has 3 N–H and O–H groups in total. The van der Waals surface area contributed by atoms with Crippen LogP contribution in [0.25, 0.3) is 0 Å². The lowest BCUT2D eigenvalue weighted by molar-refractivity contribution is -0.132. The Morgan fingerprint density at radius 2 is 1.33 bits per heavy atom. The number of hydrogen-bond donors (Lipinski definition) is 3. The normalized spacial score (nSPS) is 9.88. The second-order valence-corrected chi connectivity index (χ2v) is 4.75. The van der Waals surface area contributed by atoms with Crippen molar-refractivity contribution in [1.29, 1.82) is 0 Å². The molecule has 0 spiro atoms. The molecule has 0 bridgehead atoms. The quantitative estimate of drug-likeness (QED) is 0.453. The molecule has 0 saturated heterocycles. The maximum absolute atomic E-state index is 11.8. The van der Waals surface area contributed by atoms with Gasteiger partial charge in [-0.05, 0) is 55.5 Å². The number of phenolic OH excluding ortho intramolecular Hbond substituents is 1. The van der Waals surface area contributed by atoms with Crippen molar-refractivity contribution >= 4 is 29.2 Å². The third-order valence-electron chi connectivity index (χ3n) is 2.99. The van der Waals surface area contributed by atoms with Crippen molar-refractivity contribution in [1.82, 2.24) is 0 Å². The zero-order chi connectivity index (χ0) is 17.5. The fourth-order valence-corrected chi connectivity index (χ4v) is 1.82. The standard InChI is InChI=1S/C17H16N2O5/c1-2-24-17(23)11-3-5-12(6-4-11)18-15(21)16(22)19-13-7-9-14(20)10-8-13/h3-10,20H,2H2,1H3,(H,18,21)(H,19,22). The number of benzene rings is 2. The van der Waals surface area contributed by atoms with Gasteiger partial charge in [0.2, 0.25) is 0 Å². The van der Waals surface area contributed by atoms with Gasteiger partial charge in [0.15, 0.2) is 0 Å². The molecule has 0 atom stereocenters. The fraction of sp³-hybridized carbons (Fsp3) is 0.118. The summed E-state index contributed by atoms with van der Waals surface area (Å²) in [5.74, 6) is -2.11. The van der Waals surface area contributed by atoms with Crippen molar-refractivity contribution in [2.45, 2.75) is 6.92 Å². The van der Waals surface area contributed by atoms with E-state index < -0.39 is 17.8 Å². The van der Waals surface area contributed by atoms with Gasteiger partial charge in [0.05, 0.1) is 12.2 Å². The van der Waals surface area contributed by atoms with Crippen LogP contribution in [0.5, 0.6) is 5.75 Å². The summed E-state index contributed by atoms with van der Waals surface area (Å²) < 4.78 is 4.85. The van der Waals surface area contributed by atoms with Crippen molar-refractivity contribution < 1.29 is 24.2 Å². The van der Waals surface area contributed by atoms with Gasteiger partial charge in [-0.2, -0.15) is 0 Å². The number of amides is 2. The molecule has 0 aromatic heterocycles. The van der Waals surface area contributed by atoms with Crippen LogP contribution in [-0.2, 0) is 14.3 Å². The lowest BCUT2D eigenvalue weighted by atomic mass is 10.2. The molecular formula is C17H16N2O5. The summed E-state index contributed by atoms with van der Waals surface area (Å²) in [5, 5.41) is 14.0. The average Bonchev–Trinajstić information content (AvgIpc) is 2.57. The first kappa shape index (κ1) is 17.0. The van der Waals surface area contributed by atoms with Crippen molar-refractivity contribution in [3.63, 3.8) is 0 Å². The highest BCUT2D eigenvalue weighted by molar-refractivity contribution is 6.43. The van der Waals surface area contributed by atoms with Gasteiger partial charge in [-0.3, -0.25) is 9.59 Å². The second kappa shape index (κ2) is 7.77. The molecule has 2 aromatic carbocycles. The third kappa shape index (κ3) is 4.57. The van der Waals surface area contributed by atoms with Crippen LogP contribution in [0.15, 0.2) is 48.5 Å². The first-order valence-electron chi connectivity index (χ1n) is 7.18. The molecule has 2 amide bonds. The predicted octanol–water partition coefficient (Wildman–Crippen LogP) is 2.15. The molecule has 7 heteroatoms. The molecular weight excluding hydrogens is 312 g/mol. The average molecular weight is 328 g/mol.